The predicted octanol–water partition coefficient (Wildman–Crippen LogP) is 3.22. The number of aliphatic hydroxyl groups excluding tert-OH is 1. The van der Waals surface area contributed by atoms with E-state index in [1.807, 2.05) is 5.38 Å². The molecule has 0 bridgehead atoms. The van der Waals surface area contributed by atoms with Crippen LogP contribution in [0, 0.1) is 0 Å². The van der Waals surface area contributed by atoms with Crippen molar-refractivity contribution in [3.05, 3.63) is 50.6 Å². The fraction of sp³-hybridized carbons (Fsp3) is 0.214. The van der Waals surface area contributed by atoms with E-state index in [0.29, 0.717) is 20.7 Å². The number of ether oxygens (including phenoxy) is 1. The third-order valence-electron chi connectivity index (χ3n) is 2.59. The zero-order chi connectivity index (χ0) is 15.2. The summed E-state index contributed by atoms with van der Waals surface area (Å²) in [6.45, 7) is 0.0969. The van der Waals surface area contributed by atoms with Crippen LogP contribution in [-0.4, -0.2) is 30.3 Å². The first-order chi connectivity index (χ1) is 10.1. The molecular weight excluding hydrogens is 333 g/mol. The van der Waals surface area contributed by atoms with E-state index in [2.05, 4.69) is 5.32 Å². The van der Waals surface area contributed by atoms with E-state index in [4.69, 9.17) is 27.9 Å². The summed E-state index contributed by atoms with van der Waals surface area (Å²) in [6, 6.07) is 8.52. The maximum absolute atomic E-state index is 11.7. The van der Waals surface area contributed by atoms with Crippen molar-refractivity contribution in [2.75, 3.05) is 13.2 Å². The van der Waals surface area contributed by atoms with Gasteiger partial charge in [-0.2, -0.15) is 0 Å². The Bertz CT molecular complexity index is 604. The van der Waals surface area contributed by atoms with Crippen LogP contribution in [0.1, 0.15) is 9.67 Å². The second kappa shape index (κ2) is 7.66. The molecular formula is C14H13Cl2NO3S. The van der Waals surface area contributed by atoms with Gasteiger partial charge in [-0.05, 0) is 23.6 Å². The van der Waals surface area contributed by atoms with Gasteiger partial charge in [0.05, 0.1) is 9.90 Å². The minimum absolute atomic E-state index is 0.00474. The third kappa shape index (κ3) is 4.61. The van der Waals surface area contributed by atoms with Crippen molar-refractivity contribution in [1.29, 1.82) is 0 Å². The summed E-state index contributed by atoms with van der Waals surface area (Å²) in [5, 5.41) is 14.9. The van der Waals surface area contributed by atoms with Gasteiger partial charge in [0, 0.05) is 6.54 Å². The second-order valence-electron chi connectivity index (χ2n) is 4.20. The number of nitrogens with one attached hydrogen (secondary N) is 1. The molecule has 0 aliphatic carbocycles. The van der Waals surface area contributed by atoms with Crippen molar-refractivity contribution in [1.82, 2.24) is 5.32 Å². The molecule has 1 aromatic heterocycles. The number of rotatable bonds is 6. The van der Waals surface area contributed by atoms with Crippen LogP contribution in [0.25, 0.3) is 0 Å². The average Bonchev–Trinajstić information content (AvgIpc) is 3.00. The second-order valence-corrected chi connectivity index (χ2v) is 5.94. The summed E-state index contributed by atoms with van der Waals surface area (Å²) < 4.78 is 5.39. The van der Waals surface area contributed by atoms with Crippen molar-refractivity contribution in [2.24, 2.45) is 0 Å². The Hall–Kier alpha value is -1.27. The van der Waals surface area contributed by atoms with E-state index in [1.165, 1.54) is 11.3 Å². The first kappa shape index (κ1) is 16.1. The van der Waals surface area contributed by atoms with Gasteiger partial charge in [0.15, 0.2) is 0 Å². The molecule has 0 aliphatic heterocycles. The number of halogens is 2. The number of hydrogen-bond donors (Lipinski definition) is 2. The molecule has 0 radical (unpaired) electrons. The molecule has 1 heterocycles. The number of amides is 1. The Morgan fingerprint density at radius 3 is 2.86 bits per heavy atom. The molecule has 1 aromatic carbocycles. The normalized spacial score (nSPS) is 12.0. The first-order valence-corrected chi connectivity index (χ1v) is 7.78. The van der Waals surface area contributed by atoms with Crippen molar-refractivity contribution in [3.8, 4) is 5.75 Å². The number of hydrogen-bond acceptors (Lipinski definition) is 4. The van der Waals surface area contributed by atoms with Gasteiger partial charge in [-0.3, -0.25) is 4.79 Å². The highest BCUT2D eigenvalue weighted by atomic mass is 35.5. The number of aliphatic hydroxyl groups is 1. The molecule has 1 atom stereocenters. The molecule has 0 fully saturated rings. The van der Waals surface area contributed by atoms with E-state index in [-0.39, 0.29) is 19.1 Å². The summed E-state index contributed by atoms with van der Waals surface area (Å²) in [5.74, 6) is 0.178. The number of carbonyl (C=O) groups excluding carboxylic acids is 1. The molecule has 0 saturated heterocycles. The standard InChI is InChI=1S/C14H13Cl2NO3S/c15-10-3-1-4-11(13(10)16)20-8-9(18)7-17-14(19)12-5-2-6-21-12/h1-6,9,18H,7-8H2,(H,17,19)/t9-/m0/s1. The monoisotopic (exact) mass is 345 g/mol. The van der Waals surface area contributed by atoms with E-state index < -0.39 is 6.10 Å². The van der Waals surface area contributed by atoms with Crippen molar-refractivity contribution < 1.29 is 14.6 Å². The predicted molar refractivity (Wildman–Crippen MR) is 84.6 cm³/mol. The highest BCUT2D eigenvalue weighted by molar-refractivity contribution is 7.12. The Balaban J connectivity index is 1.78. The minimum atomic E-state index is -0.844. The highest BCUT2D eigenvalue weighted by Gasteiger charge is 2.12. The average molecular weight is 346 g/mol. The summed E-state index contributed by atoms with van der Waals surface area (Å²) in [6.07, 6.45) is -0.844. The van der Waals surface area contributed by atoms with E-state index in [0.717, 1.165) is 0 Å². The van der Waals surface area contributed by atoms with Gasteiger partial charge in [-0.15, -0.1) is 11.3 Å². The van der Waals surface area contributed by atoms with E-state index in [1.54, 1.807) is 30.3 Å². The Morgan fingerprint density at radius 1 is 1.33 bits per heavy atom. The van der Waals surface area contributed by atoms with Gasteiger partial charge in [-0.1, -0.05) is 35.3 Å². The molecule has 0 unspecified atom stereocenters. The number of carbonyl (C=O) groups is 1. The van der Waals surface area contributed by atoms with Crippen LogP contribution in [-0.2, 0) is 0 Å². The Kier molecular flexibility index (Phi) is 5.87. The molecule has 7 heteroatoms. The van der Waals surface area contributed by atoms with Crippen LogP contribution >= 0.6 is 34.5 Å². The molecule has 4 nitrogen and oxygen atoms in total. The molecule has 2 aromatic rings. The molecule has 112 valence electrons. The lowest BCUT2D eigenvalue weighted by atomic mass is 10.3. The van der Waals surface area contributed by atoms with E-state index in [9.17, 15) is 9.90 Å². The van der Waals surface area contributed by atoms with Crippen LogP contribution in [0.4, 0.5) is 0 Å². The van der Waals surface area contributed by atoms with Gasteiger partial charge in [0.2, 0.25) is 0 Å². The number of benzene rings is 1. The zero-order valence-corrected chi connectivity index (χ0v) is 13.2. The SMILES string of the molecule is O=C(NC[C@H](O)COc1cccc(Cl)c1Cl)c1cccs1. The fourth-order valence-electron chi connectivity index (χ4n) is 1.55. The fourth-order valence-corrected chi connectivity index (χ4v) is 2.53. The van der Waals surface area contributed by atoms with Crippen molar-refractivity contribution in [2.45, 2.75) is 6.10 Å². The molecule has 0 spiro atoms. The minimum Gasteiger partial charge on any atom is -0.489 e. The van der Waals surface area contributed by atoms with Crippen LogP contribution in [0.5, 0.6) is 5.75 Å². The smallest absolute Gasteiger partial charge is 0.261 e. The maximum Gasteiger partial charge on any atom is 0.261 e. The highest BCUT2D eigenvalue weighted by Crippen LogP contribution is 2.31. The van der Waals surface area contributed by atoms with Crippen LogP contribution in [0.3, 0.4) is 0 Å². The quantitative estimate of drug-likeness (QED) is 0.844. The summed E-state index contributed by atoms with van der Waals surface area (Å²) in [5.41, 5.74) is 0. The Morgan fingerprint density at radius 2 is 2.14 bits per heavy atom. The first-order valence-electron chi connectivity index (χ1n) is 6.14. The molecule has 0 saturated carbocycles. The van der Waals surface area contributed by atoms with Crippen LogP contribution in [0.15, 0.2) is 35.7 Å². The lowest BCUT2D eigenvalue weighted by Crippen LogP contribution is -2.35. The van der Waals surface area contributed by atoms with Gasteiger partial charge < -0.3 is 15.2 Å². The summed E-state index contributed by atoms with van der Waals surface area (Å²) in [4.78, 5) is 12.3. The molecule has 1 amide bonds. The largest absolute Gasteiger partial charge is 0.489 e. The van der Waals surface area contributed by atoms with Crippen LogP contribution < -0.4 is 10.1 Å². The Labute approximate surface area is 136 Å². The molecule has 0 aliphatic rings. The van der Waals surface area contributed by atoms with Gasteiger partial charge in [-0.25, -0.2) is 0 Å². The van der Waals surface area contributed by atoms with Gasteiger partial charge in [0.25, 0.3) is 5.91 Å². The third-order valence-corrected chi connectivity index (χ3v) is 4.26. The van der Waals surface area contributed by atoms with Gasteiger partial charge in [0.1, 0.15) is 23.5 Å². The van der Waals surface area contributed by atoms with Crippen LogP contribution in [0.2, 0.25) is 10.0 Å². The van der Waals surface area contributed by atoms with Crippen molar-refractivity contribution in [3.63, 3.8) is 0 Å². The molecule has 2 N–H and O–H groups in total. The maximum atomic E-state index is 11.7. The van der Waals surface area contributed by atoms with Crippen molar-refractivity contribution >= 4 is 40.4 Å². The van der Waals surface area contributed by atoms with E-state index >= 15 is 0 Å². The zero-order valence-electron chi connectivity index (χ0n) is 10.9. The summed E-state index contributed by atoms with van der Waals surface area (Å²) in [7, 11) is 0. The number of thiophene rings is 1. The summed E-state index contributed by atoms with van der Waals surface area (Å²) >= 11 is 13.2. The topological polar surface area (TPSA) is 58.6 Å². The molecule has 21 heavy (non-hydrogen) atoms. The lowest BCUT2D eigenvalue weighted by molar-refractivity contribution is 0.0847. The molecule has 2 rings (SSSR count). The van der Waals surface area contributed by atoms with Gasteiger partial charge >= 0.3 is 0 Å². The lowest BCUT2D eigenvalue weighted by Gasteiger charge is -2.14.